The Hall–Kier alpha value is 0.240. The summed E-state index contributed by atoms with van der Waals surface area (Å²) in [5.74, 6) is 0. The van der Waals surface area contributed by atoms with Gasteiger partial charge in [0.2, 0.25) is 0 Å². The minimum absolute atomic E-state index is 0.401. The summed E-state index contributed by atoms with van der Waals surface area (Å²) in [5, 5.41) is 2.48. The molecule has 0 saturated carbocycles. The van der Waals surface area contributed by atoms with E-state index >= 15 is 0 Å². The second-order valence-corrected chi connectivity index (χ2v) is 6.60. The number of hydrogen-bond acceptors (Lipinski definition) is 1. The van der Waals surface area contributed by atoms with Crippen LogP contribution >= 0.6 is 69.8 Å². The molecule has 0 N–H and O–H groups in total. The van der Waals surface area contributed by atoms with Gasteiger partial charge in [0, 0.05) is 21.0 Å². The summed E-state index contributed by atoms with van der Waals surface area (Å²) < 4.78 is 0. The van der Waals surface area contributed by atoms with Gasteiger partial charge in [0.05, 0.1) is 20.1 Å². The Morgan fingerprint density at radius 3 is 1.68 bits per heavy atom. The van der Waals surface area contributed by atoms with Crippen LogP contribution in [0.4, 0.5) is 0 Å². The first kappa shape index (κ1) is 15.6. The summed E-state index contributed by atoms with van der Waals surface area (Å²) in [6, 6.07) is 6.86. The normalized spacial score (nSPS) is 10.8. The van der Waals surface area contributed by atoms with Crippen molar-refractivity contribution in [2.75, 3.05) is 6.26 Å². The van der Waals surface area contributed by atoms with E-state index in [1.54, 1.807) is 18.2 Å². The molecule has 0 nitrogen and oxygen atoms in total. The molecule has 19 heavy (non-hydrogen) atoms. The fourth-order valence-electron chi connectivity index (χ4n) is 1.62. The molecule has 2 rings (SSSR count). The zero-order chi connectivity index (χ0) is 14.2. The summed E-state index contributed by atoms with van der Waals surface area (Å²) in [4.78, 5) is 0.909. The summed E-state index contributed by atoms with van der Waals surface area (Å²) in [7, 11) is 0. The van der Waals surface area contributed by atoms with Gasteiger partial charge >= 0.3 is 0 Å². The van der Waals surface area contributed by atoms with E-state index < -0.39 is 0 Å². The van der Waals surface area contributed by atoms with Gasteiger partial charge in [-0.05, 0) is 30.5 Å². The lowest BCUT2D eigenvalue weighted by molar-refractivity contribution is 1.46. The summed E-state index contributed by atoms with van der Waals surface area (Å²) >= 11 is 32.1. The Kier molecular flexibility index (Phi) is 5.21. The molecule has 0 amide bonds. The first-order valence-corrected chi connectivity index (χ1v) is 8.23. The highest BCUT2D eigenvalue weighted by Gasteiger charge is 2.13. The summed E-state index contributed by atoms with van der Waals surface area (Å²) in [5.41, 5.74) is 1.43. The van der Waals surface area contributed by atoms with Gasteiger partial charge in [-0.2, -0.15) is 0 Å². The van der Waals surface area contributed by atoms with Crippen molar-refractivity contribution >= 4 is 69.8 Å². The van der Waals surface area contributed by atoms with Gasteiger partial charge in [-0.1, -0.05) is 58.0 Å². The lowest BCUT2D eigenvalue weighted by atomic mass is 10.1. The average molecular weight is 373 g/mol. The third-order valence-electron chi connectivity index (χ3n) is 2.54. The quantitative estimate of drug-likeness (QED) is 0.392. The van der Waals surface area contributed by atoms with Crippen molar-refractivity contribution in [3.05, 3.63) is 49.4 Å². The zero-order valence-corrected chi connectivity index (χ0v) is 14.2. The van der Waals surface area contributed by atoms with Gasteiger partial charge in [-0.15, -0.1) is 11.8 Å². The molecule has 0 atom stereocenters. The monoisotopic (exact) mass is 370 g/mol. The minimum atomic E-state index is 0.401. The molecule has 0 aliphatic rings. The SMILES string of the molecule is CSc1cc(Cl)c(-c2cc(Cl)c(Cl)cc2Cl)cc1Cl. The van der Waals surface area contributed by atoms with Crippen molar-refractivity contribution in [2.24, 2.45) is 0 Å². The van der Waals surface area contributed by atoms with Crippen molar-refractivity contribution < 1.29 is 0 Å². The molecule has 0 bridgehead atoms. The number of thioether (sulfide) groups is 1. The maximum atomic E-state index is 6.27. The van der Waals surface area contributed by atoms with Gasteiger partial charge in [0.25, 0.3) is 0 Å². The predicted octanol–water partition coefficient (Wildman–Crippen LogP) is 7.34. The van der Waals surface area contributed by atoms with Crippen LogP contribution in [0.3, 0.4) is 0 Å². The Labute approximate surface area is 140 Å². The van der Waals surface area contributed by atoms with E-state index in [0.717, 1.165) is 10.5 Å². The summed E-state index contributed by atoms with van der Waals surface area (Å²) in [6.45, 7) is 0. The fourth-order valence-corrected chi connectivity index (χ4v) is 3.48. The van der Waals surface area contributed by atoms with Crippen molar-refractivity contribution in [1.82, 2.24) is 0 Å². The van der Waals surface area contributed by atoms with E-state index in [4.69, 9.17) is 58.0 Å². The van der Waals surface area contributed by atoms with Gasteiger partial charge in [-0.25, -0.2) is 0 Å². The molecule has 6 heteroatoms. The highest BCUT2D eigenvalue weighted by Crippen LogP contribution is 2.41. The van der Waals surface area contributed by atoms with Crippen molar-refractivity contribution in [1.29, 1.82) is 0 Å². The largest absolute Gasteiger partial charge is 0.128 e. The highest BCUT2D eigenvalue weighted by molar-refractivity contribution is 7.98. The summed E-state index contributed by atoms with van der Waals surface area (Å²) in [6.07, 6.45) is 1.93. The number of benzene rings is 2. The van der Waals surface area contributed by atoms with Crippen molar-refractivity contribution in [3.8, 4) is 11.1 Å². The molecule has 0 aliphatic carbocycles. The molecule has 2 aromatic carbocycles. The zero-order valence-electron chi connectivity index (χ0n) is 9.61. The Morgan fingerprint density at radius 1 is 0.632 bits per heavy atom. The topological polar surface area (TPSA) is 0 Å². The maximum absolute atomic E-state index is 6.27. The lowest BCUT2D eigenvalue weighted by Gasteiger charge is -2.11. The second kappa shape index (κ2) is 6.34. The van der Waals surface area contributed by atoms with E-state index in [0.29, 0.717) is 30.7 Å². The van der Waals surface area contributed by atoms with Gasteiger partial charge in [0.15, 0.2) is 0 Å². The molecule has 0 unspecified atom stereocenters. The van der Waals surface area contributed by atoms with Gasteiger partial charge in [0.1, 0.15) is 0 Å². The van der Waals surface area contributed by atoms with Crippen molar-refractivity contribution in [2.45, 2.75) is 4.90 Å². The van der Waals surface area contributed by atoms with Crippen LogP contribution in [0.5, 0.6) is 0 Å². The van der Waals surface area contributed by atoms with Crippen LogP contribution in [0.1, 0.15) is 0 Å². The first-order valence-electron chi connectivity index (χ1n) is 5.12. The van der Waals surface area contributed by atoms with E-state index in [1.807, 2.05) is 12.3 Å². The first-order chi connectivity index (χ1) is 8.93. The van der Waals surface area contributed by atoms with Crippen LogP contribution < -0.4 is 0 Å². The molecule has 0 heterocycles. The molecule has 2 aromatic rings. The Morgan fingerprint density at radius 2 is 1.11 bits per heavy atom. The predicted molar refractivity (Wildman–Crippen MR) is 88.7 cm³/mol. The molecular formula is C13H7Cl5S. The van der Waals surface area contributed by atoms with E-state index in [9.17, 15) is 0 Å². The van der Waals surface area contributed by atoms with Crippen LogP contribution in [-0.4, -0.2) is 6.26 Å². The smallest absolute Gasteiger partial charge is 0.0607 e. The standard InChI is InChI=1S/C13H7Cl5S/c1-19-13-5-9(15)7(3-12(13)18)6-2-10(16)11(17)4-8(6)14/h2-5H,1H3. The van der Waals surface area contributed by atoms with E-state index in [1.165, 1.54) is 11.8 Å². The molecule has 0 saturated heterocycles. The minimum Gasteiger partial charge on any atom is -0.128 e. The Bertz CT molecular complexity index is 639. The van der Waals surface area contributed by atoms with E-state index in [2.05, 4.69) is 0 Å². The molecule has 0 fully saturated rings. The third-order valence-corrected chi connectivity index (χ3v) is 5.09. The second-order valence-electron chi connectivity index (χ2n) is 3.71. The molecule has 0 aromatic heterocycles. The van der Waals surface area contributed by atoms with Crippen molar-refractivity contribution in [3.63, 3.8) is 0 Å². The Balaban J connectivity index is 2.65. The molecule has 100 valence electrons. The van der Waals surface area contributed by atoms with E-state index in [-0.39, 0.29) is 0 Å². The third kappa shape index (κ3) is 3.29. The van der Waals surface area contributed by atoms with Crippen LogP contribution in [0.25, 0.3) is 11.1 Å². The van der Waals surface area contributed by atoms with Crippen LogP contribution in [-0.2, 0) is 0 Å². The van der Waals surface area contributed by atoms with Gasteiger partial charge < -0.3 is 0 Å². The van der Waals surface area contributed by atoms with Crippen LogP contribution in [0.2, 0.25) is 25.1 Å². The lowest BCUT2D eigenvalue weighted by Crippen LogP contribution is -1.85. The molecule has 0 spiro atoms. The fraction of sp³-hybridized carbons (Fsp3) is 0.0769. The molecular weight excluding hydrogens is 365 g/mol. The number of hydrogen-bond donors (Lipinski definition) is 0. The molecule has 0 aliphatic heterocycles. The highest BCUT2D eigenvalue weighted by atomic mass is 35.5. The number of rotatable bonds is 2. The number of halogens is 5. The van der Waals surface area contributed by atoms with Crippen LogP contribution in [0, 0.1) is 0 Å². The maximum Gasteiger partial charge on any atom is 0.0607 e. The molecule has 0 radical (unpaired) electrons. The average Bonchev–Trinajstić information content (AvgIpc) is 2.36. The van der Waals surface area contributed by atoms with Gasteiger partial charge in [-0.3, -0.25) is 0 Å². The van der Waals surface area contributed by atoms with Crippen LogP contribution in [0.15, 0.2) is 29.2 Å².